The average Bonchev–Trinajstić information content (AvgIpc) is 2.44. The van der Waals surface area contributed by atoms with E-state index < -0.39 is 4.92 Å². The normalized spacial score (nSPS) is 10.4. The third kappa shape index (κ3) is 3.32. The number of rotatable bonds is 5. The van der Waals surface area contributed by atoms with Crippen molar-refractivity contribution in [3.05, 3.63) is 62.7 Å². The van der Waals surface area contributed by atoms with E-state index in [9.17, 15) is 10.1 Å². The maximum Gasteiger partial charge on any atom is 0.276 e. The predicted molar refractivity (Wildman–Crippen MR) is 82.1 cm³/mol. The highest BCUT2D eigenvalue weighted by Crippen LogP contribution is 2.34. The predicted octanol–water partition coefficient (Wildman–Crippen LogP) is 4.07. The Morgan fingerprint density at radius 2 is 1.90 bits per heavy atom. The fraction of sp³-hybridized carbons (Fsp3) is 0.200. The highest BCUT2D eigenvalue weighted by Gasteiger charge is 2.16. The average molecular weight is 307 g/mol. The van der Waals surface area contributed by atoms with Crippen molar-refractivity contribution >= 4 is 17.3 Å². The van der Waals surface area contributed by atoms with Gasteiger partial charge < -0.3 is 10.1 Å². The lowest BCUT2D eigenvalue weighted by Gasteiger charge is -2.14. The molecule has 2 aromatic carbocycles. The van der Waals surface area contributed by atoms with Gasteiger partial charge in [-0.3, -0.25) is 10.1 Å². The zero-order valence-electron chi connectivity index (χ0n) is 11.7. The molecule has 2 rings (SSSR count). The molecule has 0 fully saturated rings. The first-order valence-electron chi connectivity index (χ1n) is 6.38. The summed E-state index contributed by atoms with van der Waals surface area (Å²) in [7, 11) is 1.81. The van der Waals surface area contributed by atoms with Crippen molar-refractivity contribution in [2.75, 3.05) is 7.05 Å². The van der Waals surface area contributed by atoms with Crippen LogP contribution in [0.15, 0.2) is 36.4 Å². The number of benzene rings is 2. The molecule has 0 aromatic heterocycles. The van der Waals surface area contributed by atoms with E-state index in [1.54, 1.807) is 37.3 Å². The van der Waals surface area contributed by atoms with Crippen LogP contribution in [0, 0.1) is 17.0 Å². The minimum absolute atomic E-state index is 0.0321. The molecular formula is C15H15ClN2O3. The van der Waals surface area contributed by atoms with Gasteiger partial charge in [-0.05, 0) is 32.2 Å². The Morgan fingerprint density at radius 3 is 2.57 bits per heavy atom. The standard InChI is InChI=1S/C15H15ClN2O3/c1-10-13(18(19)20)6-4-7-14(10)21-15-8-3-5-12(16)11(15)9-17-2/h3-8,17H,9H2,1-2H3. The van der Waals surface area contributed by atoms with Crippen LogP contribution in [0.5, 0.6) is 11.5 Å². The Labute approximate surface area is 127 Å². The SMILES string of the molecule is CNCc1c(Cl)cccc1Oc1cccc([N+](=O)[O-])c1C. The van der Waals surface area contributed by atoms with Gasteiger partial charge in [0, 0.05) is 23.2 Å². The Balaban J connectivity index is 2.41. The summed E-state index contributed by atoms with van der Waals surface area (Å²) in [4.78, 5) is 10.5. The second-order valence-corrected chi connectivity index (χ2v) is 4.91. The minimum atomic E-state index is -0.422. The van der Waals surface area contributed by atoms with E-state index in [2.05, 4.69) is 5.32 Å². The molecule has 0 saturated carbocycles. The van der Waals surface area contributed by atoms with Crippen LogP contribution in [-0.4, -0.2) is 12.0 Å². The van der Waals surface area contributed by atoms with E-state index in [4.69, 9.17) is 16.3 Å². The van der Waals surface area contributed by atoms with Crippen molar-refractivity contribution in [2.45, 2.75) is 13.5 Å². The van der Waals surface area contributed by atoms with Crippen LogP contribution in [0.2, 0.25) is 5.02 Å². The number of nitro groups is 1. The molecule has 1 N–H and O–H groups in total. The van der Waals surface area contributed by atoms with Crippen molar-refractivity contribution in [3.63, 3.8) is 0 Å². The van der Waals surface area contributed by atoms with Crippen molar-refractivity contribution in [1.82, 2.24) is 5.32 Å². The molecule has 0 bridgehead atoms. The van der Waals surface area contributed by atoms with Gasteiger partial charge in [-0.1, -0.05) is 23.7 Å². The molecule has 0 amide bonds. The number of nitrogens with one attached hydrogen (secondary N) is 1. The Kier molecular flexibility index (Phi) is 4.77. The molecule has 6 heteroatoms. The van der Waals surface area contributed by atoms with E-state index in [1.807, 2.05) is 7.05 Å². The van der Waals surface area contributed by atoms with Crippen LogP contribution in [0.1, 0.15) is 11.1 Å². The third-order valence-electron chi connectivity index (χ3n) is 3.10. The van der Waals surface area contributed by atoms with E-state index in [0.717, 1.165) is 5.56 Å². The molecule has 21 heavy (non-hydrogen) atoms. The first-order chi connectivity index (χ1) is 10.0. The summed E-state index contributed by atoms with van der Waals surface area (Å²) in [6.07, 6.45) is 0. The zero-order chi connectivity index (χ0) is 15.4. The van der Waals surface area contributed by atoms with E-state index in [-0.39, 0.29) is 5.69 Å². The fourth-order valence-electron chi connectivity index (χ4n) is 2.01. The number of nitrogens with zero attached hydrogens (tertiary/aromatic N) is 1. The lowest BCUT2D eigenvalue weighted by atomic mass is 10.1. The Bertz CT molecular complexity index is 674. The summed E-state index contributed by atoms with van der Waals surface area (Å²) < 4.78 is 5.84. The lowest BCUT2D eigenvalue weighted by Crippen LogP contribution is -2.07. The molecule has 110 valence electrons. The van der Waals surface area contributed by atoms with Gasteiger partial charge in [-0.25, -0.2) is 0 Å². The van der Waals surface area contributed by atoms with Gasteiger partial charge in [0.05, 0.1) is 10.5 Å². The van der Waals surface area contributed by atoms with Gasteiger partial charge >= 0.3 is 0 Å². The maximum absolute atomic E-state index is 11.0. The molecule has 0 aliphatic heterocycles. The summed E-state index contributed by atoms with van der Waals surface area (Å²) in [5, 5.41) is 14.6. The lowest BCUT2D eigenvalue weighted by molar-refractivity contribution is -0.385. The first-order valence-corrected chi connectivity index (χ1v) is 6.76. The number of nitro benzene ring substituents is 1. The summed E-state index contributed by atoms with van der Waals surface area (Å²) in [6, 6.07) is 10.1. The van der Waals surface area contributed by atoms with Crippen LogP contribution in [0.3, 0.4) is 0 Å². The summed E-state index contributed by atoms with van der Waals surface area (Å²) in [5.41, 5.74) is 1.33. The molecule has 0 radical (unpaired) electrons. The monoisotopic (exact) mass is 306 g/mol. The highest BCUT2D eigenvalue weighted by atomic mass is 35.5. The first kappa shape index (κ1) is 15.3. The number of hydrogen-bond donors (Lipinski definition) is 1. The van der Waals surface area contributed by atoms with Gasteiger partial charge in [0.25, 0.3) is 5.69 Å². The van der Waals surface area contributed by atoms with E-state index in [0.29, 0.717) is 28.6 Å². The Morgan fingerprint density at radius 1 is 1.24 bits per heavy atom. The molecule has 2 aromatic rings. The van der Waals surface area contributed by atoms with Gasteiger partial charge in [0.15, 0.2) is 0 Å². The highest BCUT2D eigenvalue weighted by molar-refractivity contribution is 6.31. The maximum atomic E-state index is 11.0. The third-order valence-corrected chi connectivity index (χ3v) is 3.46. The zero-order valence-corrected chi connectivity index (χ0v) is 12.5. The molecule has 0 unspecified atom stereocenters. The molecule has 0 heterocycles. The van der Waals surface area contributed by atoms with Crippen LogP contribution >= 0.6 is 11.6 Å². The number of hydrogen-bond acceptors (Lipinski definition) is 4. The van der Waals surface area contributed by atoms with Gasteiger partial charge in [0.2, 0.25) is 0 Å². The van der Waals surface area contributed by atoms with Gasteiger partial charge in [-0.15, -0.1) is 0 Å². The summed E-state index contributed by atoms with van der Waals surface area (Å²) in [6.45, 7) is 2.21. The fourth-order valence-corrected chi connectivity index (χ4v) is 2.25. The van der Waals surface area contributed by atoms with Crippen LogP contribution in [0.25, 0.3) is 0 Å². The van der Waals surface area contributed by atoms with Crippen LogP contribution < -0.4 is 10.1 Å². The molecule has 0 spiro atoms. The van der Waals surface area contributed by atoms with E-state index in [1.165, 1.54) is 6.07 Å². The largest absolute Gasteiger partial charge is 0.456 e. The minimum Gasteiger partial charge on any atom is -0.456 e. The molecular weight excluding hydrogens is 292 g/mol. The molecule has 0 aliphatic carbocycles. The van der Waals surface area contributed by atoms with Crippen molar-refractivity contribution in [3.8, 4) is 11.5 Å². The van der Waals surface area contributed by atoms with E-state index >= 15 is 0 Å². The summed E-state index contributed by atoms with van der Waals surface area (Å²) in [5.74, 6) is 1.03. The quantitative estimate of drug-likeness (QED) is 0.668. The topological polar surface area (TPSA) is 64.4 Å². The van der Waals surface area contributed by atoms with Crippen LogP contribution in [0.4, 0.5) is 5.69 Å². The summed E-state index contributed by atoms with van der Waals surface area (Å²) >= 11 is 6.17. The smallest absolute Gasteiger partial charge is 0.276 e. The molecule has 5 nitrogen and oxygen atoms in total. The van der Waals surface area contributed by atoms with Crippen LogP contribution in [-0.2, 0) is 6.54 Å². The second-order valence-electron chi connectivity index (χ2n) is 4.51. The van der Waals surface area contributed by atoms with Crippen molar-refractivity contribution in [1.29, 1.82) is 0 Å². The van der Waals surface area contributed by atoms with Crippen molar-refractivity contribution < 1.29 is 9.66 Å². The molecule has 0 atom stereocenters. The Hall–Kier alpha value is -2.11. The number of halogens is 1. The number of ether oxygens (including phenoxy) is 1. The van der Waals surface area contributed by atoms with Gasteiger partial charge in [-0.2, -0.15) is 0 Å². The molecule has 0 aliphatic rings. The van der Waals surface area contributed by atoms with Crippen molar-refractivity contribution in [2.24, 2.45) is 0 Å². The second kappa shape index (κ2) is 6.56. The molecule has 0 saturated heterocycles. The van der Waals surface area contributed by atoms with Gasteiger partial charge in [0.1, 0.15) is 11.5 Å².